The molecule has 1 atom stereocenters. The number of thiophene rings is 1. The Bertz CT molecular complexity index is 1110. The van der Waals surface area contributed by atoms with Crippen LogP contribution in [0.3, 0.4) is 0 Å². The van der Waals surface area contributed by atoms with Crippen molar-refractivity contribution < 1.29 is 28.8 Å². The van der Waals surface area contributed by atoms with E-state index in [1.165, 1.54) is 12.0 Å². The van der Waals surface area contributed by atoms with Gasteiger partial charge in [0.25, 0.3) is 0 Å². The molecule has 186 valence electrons. The Balaban J connectivity index is 1.44. The van der Waals surface area contributed by atoms with Crippen molar-refractivity contribution in [3.8, 4) is 17.2 Å². The van der Waals surface area contributed by atoms with Gasteiger partial charge < -0.3 is 29.4 Å². The molecule has 3 aromatic rings. The van der Waals surface area contributed by atoms with Crippen LogP contribution in [0.25, 0.3) is 11.6 Å². The molecular formula is C27H31NO6S. The lowest BCUT2D eigenvalue weighted by atomic mass is 10.1. The smallest absolute Gasteiger partial charge is 0.338 e. The molecule has 0 radical (unpaired) electrons. The zero-order valence-corrected chi connectivity index (χ0v) is 21.0. The number of hydrogen-bond acceptors (Lipinski definition) is 8. The summed E-state index contributed by atoms with van der Waals surface area (Å²) in [6.45, 7) is 3.52. The van der Waals surface area contributed by atoms with Gasteiger partial charge in [-0.2, -0.15) is 0 Å². The molecule has 1 unspecified atom stereocenters. The molecule has 0 saturated heterocycles. The number of aliphatic hydroxyl groups excluding tert-OH is 1. The van der Waals surface area contributed by atoms with Crippen LogP contribution in [0.5, 0.6) is 17.2 Å². The second-order valence-corrected chi connectivity index (χ2v) is 9.01. The van der Waals surface area contributed by atoms with E-state index in [0.29, 0.717) is 42.5 Å². The highest BCUT2D eigenvalue weighted by Crippen LogP contribution is 2.26. The number of benzene rings is 2. The number of esters is 1. The van der Waals surface area contributed by atoms with Crippen molar-refractivity contribution in [3.63, 3.8) is 0 Å². The number of carbonyl (C=O) groups excluding carboxylic acids is 1. The Morgan fingerprint density at radius 1 is 1.03 bits per heavy atom. The molecule has 8 heteroatoms. The standard InChI is InChI=1S/C27H31NO6S/c1-19-8-13-23(35-19)16-24(27(30)32-3)20-9-11-22(12-10-20)34-18-21(29)17-28-14-15-33-26-7-5-4-6-25(26)31-2/h4-13,16,21,28-29H,14-15,17-18H2,1-3H3/b24-16+. The van der Waals surface area contributed by atoms with Crippen molar-refractivity contribution in [2.45, 2.75) is 13.0 Å². The van der Waals surface area contributed by atoms with Crippen molar-refractivity contribution in [2.24, 2.45) is 0 Å². The number of methoxy groups -OCH3 is 2. The molecule has 0 amide bonds. The van der Waals surface area contributed by atoms with Gasteiger partial charge >= 0.3 is 5.97 Å². The fourth-order valence-electron chi connectivity index (χ4n) is 3.27. The summed E-state index contributed by atoms with van der Waals surface area (Å²) in [4.78, 5) is 14.5. The van der Waals surface area contributed by atoms with Gasteiger partial charge in [-0.25, -0.2) is 4.79 Å². The van der Waals surface area contributed by atoms with E-state index in [1.54, 1.807) is 42.7 Å². The second-order valence-electron chi connectivity index (χ2n) is 7.69. The summed E-state index contributed by atoms with van der Waals surface area (Å²) >= 11 is 1.61. The van der Waals surface area contributed by atoms with Crippen molar-refractivity contribution in [3.05, 3.63) is 76.0 Å². The van der Waals surface area contributed by atoms with Gasteiger partial charge in [-0.1, -0.05) is 24.3 Å². The predicted octanol–water partition coefficient (Wildman–Crippen LogP) is 4.19. The lowest BCUT2D eigenvalue weighted by Crippen LogP contribution is -2.33. The van der Waals surface area contributed by atoms with Crippen LogP contribution in [0.15, 0.2) is 60.7 Å². The first-order chi connectivity index (χ1) is 17.0. The molecule has 2 N–H and O–H groups in total. The van der Waals surface area contributed by atoms with Crippen LogP contribution in [-0.4, -0.2) is 57.7 Å². The summed E-state index contributed by atoms with van der Waals surface area (Å²) in [5, 5.41) is 13.3. The summed E-state index contributed by atoms with van der Waals surface area (Å²) in [6, 6.07) is 18.6. The first-order valence-corrected chi connectivity index (χ1v) is 12.1. The monoisotopic (exact) mass is 497 g/mol. The molecule has 7 nitrogen and oxygen atoms in total. The Labute approximate surface area is 209 Å². The SMILES string of the molecule is COC(=O)/C(=C/c1ccc(C)s1)c1ccc(OCC(O)CNCCOc2ccccc2OC)cc1. The lowest BCUT2D eigenvalue weighted by molar-refractivity contribution is -0.133. The minimum Gasteiger partial charge on any atom is -0.493 e. The van der Waals surface area contributed by atoms with Crippen LogP contribution in [0.4, 0.5) is 0 Å². The average molecular weight is 498 g/mol. The Morgan fingerprint density at radius 2 is 1.77 bits per heavy atom. The Morgan fingerprint density at radius 3 is 2.43 bits per heavy atom. The number of para-hydroxylation sites is 2. The van der Waals surface area contributed by atoms with E-state index in [1.807, 2.05) is 49.4 Å². The number of rotatable bonds is 13. The number of nitrogens with one attached hydrogen (secondary N) is 1. The highest BCUT2D eigenvalue weighted by atomic mass is 32.1. The number of aryl methyl sites for hydroxylation is 1. The van der Waals surface area contributed by atoms with E-state index in [-0.39, 0.29) is 6.61 Å². The maximum Gasteiger partial charge on any atom is 0.338 e. The van der Waals surface area contributed by atoms with Gasteiger partial charge in [0.15, 0.2) is 11.5 Å². The molecule has 3 rings (SSSR count). The number of ether oxygens (including phenoxy) is 4. The van der Waals surface area contributed by atoms with Crippen LogP contribution in [0.2, 0.25) is 0 Å². The summed E-state index contributed by atoms with van der Waals surface area (Å²) < 4.78 is 21.6. The van der Waals surface area contributed by atoms with Gasteiger partial charge in [0, 0.05) is 22.8 Å². The number of aliphatic hydroxyl groups is 1. The third kappa shape index (κ3) is 8.13. The molecule has 0 bridgehead atoms. The molecule has 1 aromatic heterocycles. The molecule has 0 fully saturated rings. The van der Waals surface area contributed by atoms with Gasteiger partial charge in [-0.3, -0.25) is 0 Å². The molecule has 0 spiro atoms. The highest BCUT2D eigenvalue weighted by Gasteiger charge is 2.14. The molecule has 0 aliphatic heterocycles. The second kappa shape index (κ2) is 13.5. The van der Waals surface area contributed by atoms with E-state index in [4.69, 9.17) is 18.9 Å². The summed E-state index contributed by atoms with van der Waals surface area (Å²) in [5.41, 5.74) is 1.20. The normalized spacial score (nSPS) is 12.2. The number of hydrogen-bond donors (Lipinski definition) is 2. The third-order valence-electron chi connectivity index (χ3n) is 5.05. The number of carbonyl (C=O) groups is 1. The molecule has 1 heterocycles. The fourth-order valence-corrected chi connectivity index (χ4v) is 4.09. The van der Waals surface area contributed by atoms with E-state index in [2.05, 4.69) is 5.32 Å². The first kappa shape index (κ1) is 26.3. The van der Waals surface area contributed by atoms with Gasteiger partial charge in [0.1, 0.15) is 25.1 Å². The molecule has 0 aliphatic rings. The topological polar surface area (TPSA) is 86.3 Å². The zero-order chi connectivity index (χ0) is 25.0. The molecule has 0 aliphatic carbocycles. The van der Waals surface area contributed by atoms with E-state index in [9.17, 15) is 9.90 Å². The largest absolute Gasteiger partial charge is 0.493 e. The van der Waals surface area contributed by atoms with E-state index in [0.717, 1.165) is 10.4 Å². The molecule has 2 aromatic carbocycles. The molecular weight excluding hydrogens is 466 g/mol. The predicted molar refractivity (Wildman–Crippen MR) is 138 cm³/mol. The lowest BCUT2D eigenvalue weighted by Gasteiger charge is -2.14. The zero-order valence-electron chi connectivity index (χ0n) is 20.2. The third-order valence-corrected chi connectivity index (χ3v) is 5.99. The van der Waals surface area contributed by atoms with Crippen molar-refractivity contribution in [2.75, 3.05) is 40.5 Å². The minimum absolute atomic E-state index is 0.133. The van der Waals surface area contributed by atoms with Gasteiger partial charge in [0.05, 0.1) is 19.8 Å². The summed E-state index contributed by atoms with van der Waals surface area (Å²) in [6.07, 6.45) is 1.14. The first-order valence-electron chi connectivity index (χ1n) is 11.2. The van der Waals surface area contributed by atoms with Crippen molar-refractivity contribution in [1.29, 1.82) is 0 Å². The Kier molecular flexibility index (Phi) is 10.2. The average Bonchev–Trinajstić information content (AvgIpc) is 3.30. The van der Waals surface area contributed by atoms with Gasteiger partial charge in [-0.15, -0.1) is 11.3 Å². The van der Waals surface area contributed by atoms with Gasteiger partial charge in [0.2, 0.25) is 0 Å². The van der Waals surface area contributed by atoms with Crippen LogP contribution < -0.4 is 19.5 Å². The quantitative estimate of drug-likeness (QED) is 0.208. The summed E-state index contributed by atoms with van der Waals surface area (Å²) in [7, 11) is 2.97. The van der Waals surface area contributed by atoms with E-state index >= 15 is 0 Å². The molecule has 0 saturated carbocycles. The van der Waals surface area contributed by atoms with Crippen molar-refractivity contribution in [1.82, 2.24) is 5.32 Å². The van der Waals surface area contributed by atoms with Crippen LogP contribution in [-0.2, 0) is 9.53 Å². The fraction of sp³-hybridized carbons (Fsp3) is 0.296. The highest BCUT2D eigenvalue weighted by molar-refractivity contribution is 7.12. The Hall–Kier alpha value is -3.33. The van der Waals surface area contributed by atoms with Crippen LogP contribution in [0, 0.1) is 6.92 Å². The van der Waals surface area contributed by atoms with Crippen LogP contribution in [0.1, 0.15) is 15.3 Å². The molecule has 35 heavy (non-hydrogen) atoms. The van der Waals surface area contributed by atoms with Crippen molar-refractivity contribution >= 4 is 29.0 Å². The van der Waals surface area contributed by atoms with E-state index < -0.39 is 12.1 Å². The van der Waals surface area contributed by atoms with Crippen LogP contribution >= 0.6 is 11.3 Å². The minimum atomic E-state index is -0.687. The summed E-state index contributed by atoms with van der Waals surface area (Å²) in [5.74, 6) is 1.56. The maximum atomic E-state index is 12.3. The maximum absolute atomic E-state index is 12.3. The van der Waals surface area contributed by atoms with Gasteiger partial charge in [-0.05, 0) is 55.0 Å².